The van der Waals surface area contributed by atoms with Gasteiger partial charge in [0.05, 0.1) is 0 Å². The first kappa shape index (κ1) is 14.0. The Bertz CT molecular complexity index is 184. The second kappa shape index (κ2) is 6.05. The van der Waals surface area contributed by atoms with Gasteiger partial charge >= 0.3 is 0 Å². The summed E-state index contributed by atoms with van der Waals surface area (Å²) in [7, 11) is 2.11. The minimum atomic E-state index is 0.400. The molecule has 1 heteroatoms. The van der Waals surface area contributed by atoms with Crippen molar-refractivity contribution in [2.24, 2.45) is 17.3 Å². The quantitative estimate of drug-likeness (QED) is 0.755. The molecule has 1 aliphatic rings. The van der Waals surface area contributed by atoms with Crippen LogP contribution in [0.5, 0.6) is 0 Å². The van der Waals surface area contributed by atoms with E-state index in [0.717, 1.165) is 11.8 Å². The zero-order valence-corrected chi connectivity index (χ0v) is 12.0. The number of hydrogen-bond donors (Lipinski definition) is 1. The Kier molecular flexibility index (Phi) is 5.30. The standard InChI is InChI=1S/C15H31N/c1-12-6-8-13(9-7-12)10-11-14(16-5)15(2,3)4/h12-14,16H,6-11H2,1-5H3. The molecule has 0 radical (unpaired) electrons. The molecule has 1 nitrogen and oxygen atoms in total. The van der Waals surface area contributed by atoms with Crippen LogP contribution in [0.3, 0.4) is 0 Å². The van der Waals surface area contributed by atoms with Crippen molar-refractivity contribution in [3.63, 3.8) is 0 Å². The fraction of sp³-hybridized carbons (Fsp3) is 1.00. The molecule has 1 fully saturated rings. The highest BCUT2D eigenvalue weighted by Crippen LogP contribution is 2.33. The fourth-order valence-electron chi connectivity index (χ4n) is 3.03. The summed E-state index contributed by atoms with van der Waals surface area (Å²) in [5.41, 5.74) is 0.400. The summed E-state index contributed by atoms with van der Waals surface area (Å²) >= 11 is 0. The van der Waals surface area contributed by atoms with Crippen molar-refractivity contribution in [2.75, 3.05) is 7.05 Å². The van der Waals surface area contributed by atoms with Gasteiger partial charge in [-0.3, -0.25) is 0 Å². The molecule has 0 heterocycles. The molecule has 1 saturated carbocycles. The van der Waals surface area contributed by atoms with Gasteiger partial charge in [-0.2, -0.15) is 0 Å². The molecule has 0 saturated heterocycles. The number of rotatable bonds is 4. The highest BCUT2D eigenvalue weighted by Gasteiger charge is 2.25. The molecule has 16 heavy (non-hydrogen) atoms. The third-order valence-electron chi connectivity index (χ3n) is 4.39. The van der Waals surface area contributed by atoms with E-state index in [1.54, 1.807) is 0 Å². The predicted octanol–water partition coefficient (Wildman–Crippen LogP) is 4.23. The van der Waals surface area contributed by atoms with Gasteiger partial charge in [0.25, 0.3) is 0 Å². The van der Waals surface area contributed by atoms with Crippen LogP contribution in [0.4, 0.5) is 0 Å². The van der Waals surface area contributed by atoms with Crippen molar-refractivity contribution in [3.05, 3.63) is 0 Å². The second-order valence-corrected chi connectivity index (χ2v) is 6.91. The molecule has 1 aliphatic carbocycles. The van der Waals surface area contributed by atoms with Gasteiger partial charge in [-0.05, 0) is 37.1 Å². The molecule has 0 aliphatic heterocycles. The summed E-state index contributed by atoms with van der Waals surface area (Å²) in [5, 5.41) is 3.49. The van der Waals surface area contributed by atoms with E-state index in [0.29, 0.717) is 11.5 Å². The molecule has 0 aromatic carbocycles. The van der Waals surface area contributed by atoms with E-state index in [4.69, 9.17) is 0 Å². The Hall–Kier alpha value is -0.0400. The van der Waals surface area contributed by atoms with E-state index in [-0.39, 0.29) is 0 Å². The summed E-state index contributed by atoms with van der Waals surface area (Å²) in [6.45, 7) is 9.44. The van der Waals surface area contributed by atoms with Gasteiger partial charge in [-0.15, -0.1) is 0 Å². The molecule has 0 spiro atoms. The van der Waals surface area contributed by atoms with Crippen LogP contribution in [-0.2, 0) is 0 Å². The summed E-state index contributed by atoms with van der Waals surface area (Å²) < 4.78 is 0. The maximum atomic E-state index is 3.49. The lowest BCUT2D eigenvalue weighted by Gasteiger charge is -2.33. The normalized spacial score (nSPS) is 29.1. The first-order valence-electron chi connectivity index (χ1n) is 7.10. The molecular formula is C15H31N. The molecule has 1 rings (SSSR count). The van der Waals surface area contributed by atoms with Crippen LogP contribution in [-0.4, -0.2) is 13.1 Å². The molecule has 1 unspecified atom stereocenters. The highest BCUT2D eigenvalue weighted by molar-refractivity contribution is 4.81. The van der Waals surface area contributed by atoms with E-state index < -0.39 is 0 Å². The summed E-state index contributed by atoms with van der Waals surface area (Å²) in [5.74, 6) is 1.99. The van der Waals surface area contributed by atoms with Crippen molar-refractivity contribution < 1.29 is 0 Å². The minimum Gasteiger partial charge on any atom is -0.316 e. The third kappa shape index (κ3) is 4.45. The van der Waals surface area contributed by atoms with Crippen molar-refractivity contribution in [1.82, 2.24) is 5.32 Å². The van der Waals surface area contributed by atoms with E-state index in [1.807, 2.05) is 0 Å². The van der Waals surface area contributed by atoms with Gasteiger partial charge in [0.1, 0.15) is 0 Å². The van der Waals surface area contributed by atoms with Crippen LogP contribution in [0.25, 0.3) is 0 Å². The second-order valence-electron chi connectivity index (χ2n) is 6.91. The highest BCUT2D eigenvalue weighted by atomic mass is 14.9. The maximum Gasteiger partial charge on any atom is 0.0113 e. The lowest BCUT2D eigenvalue weighted by molar-refractivity contribution is 0.221. The van der Waals surface area contributed by atoms with Crippen LogP contribution < -0.4 is 5.32 Å². The van der Waals surface area contributed by atoms with Crippen molar-refractivity contribution >= 4 is 0 Å². The molecule has 1 N–H and O–H groups in total. The lowest BCUT2D eigenvalue weighted by atomic mass is 9.77. The first-order chi connectivity index (χ1) is 7.43. The van der Waals surface area contributed by atoms with E-state index in [1.165, 1.54) is 38.5 Å². The summed E-state index contributed by atoms with van der Waals surface area (Å²) in [6, 6.07) is 0.673. The van der Waals surface area contributed by atoms with Crippen molar-refractivity contribution in [1.29, 1.82) is 0 Å². The molecule has 0 bridgehead atoms. The minimum absolute atomic E-state index is 0.400. The van der Waals surface area contributed by atoms with E-state index in [2.05, 4.69) is 40.1 Å². The van der Waals surface area contributed by atoms with Crippen LogP contribution in [0, 0.1) is 17.3 Å². The Morgan fingerprint density at radius 3 is 2.12 bits per heavy atom. The fourth-order valence-corrected chi connectivity index (χ4v) is 3.03. The smallest absolute Gasteiger partial charge is 0.0113 e. The molecule has 96 valence electrons. The molecular weight excluding hydrogens is 194 g/mol. The van der Waals surface area contributed by atoms with Gasteiger partial charge in [-0.1, -0.05) is 53.4 Å². The lowest BCUT2D eigenvalue weighted by Crippen LogP contribution is -2.38. The van der Waals surface area contributed by atoms with Crippen molar-refractivity contribution in [3.8, 4) is 0 Å². The number of hydrogen-bond acceptors (Lipinski definition) is 1. The van der Waals surface area contributed by atoms with Gasteiger partial charge in [0.2, 0.25) is 0 Å². The molecule has 0 aromatic rings. The van der Waals surface area contributed by atoms with Crippen LogP contribution in [0.2, 0.25) is 0 Å². The zero-order chi connectivity index (χ0) is 12.2. The van der Waals surface area contributed by atoms with Crippen LogP contribution >= 0.6 is 0 Å². The monoisotopic (exact) mass is 225 g/mol. The van der Waals surface area contributed by atoms with Gasteiger partial charge < -0.3 is 5.32 Å². The van der Waals surface area contributed by atoms with Crippen molar-refractivity contribution in [2.45, 2.75) is 72.3 Å². The average molecular weight is 225 g/mol. The Morgan fingerprint density at radius 2 is 1.69 bits per heavy atom. The van der Waals surface area contributed by atoms with Gasteiger partial charge in [0.15, 0.2) is 0 Å². The molecule has 0 aromatic heterocycles. The zero-order valence-electron chi connectivity index (χ0n) is 12.0. The largest absolute Gasteiger partial charge is 0.316 e. The average Bonchev–Trinajstić information content (AvgIpc) is 2.19. The molecule has 0 amide bonds. The molecule has 1 atom stereocenters. The topological polar surface area (TPSA) is 12.0 Å². The Morgan fingerprint density at radius 1 is 1.12 bits per heavy atom. The van der Waals surface area contributed by atoms with E-state index in [9.17, 15) is 0 Å². The van der Waals surface area contributed by atoms with Crippen LogP contribution in [0.15, 0.2) is 0 Å². The SMILES string of the molecule is CNC(CCC1CCC(C)CC1)C(C)(C)C. The predicted molar refractivity (Wildman–Crippen MR) is 72.7 cm³/mol. The van der Waals surface area contributed by atoms with Gasteiger partial charge in [-0.25, -0.2) is 0 Å². The Labute approximate surface area is 102 Å². The van der Waals surface area contributed by atoms with Crippen LogP contribution in [0.1, 0.15) is 66.2 Å². The summed E-state index contributed by atoms with van der Waals surface area (Å²) in [6.07, 6.45) is 8.65. The number of nitrogens with one attached hydrogen (secondary N) is 1. The first-order valence-corrected chi connectivity index (χ1v) is 7.10. The Balaban J connectivity index is 2.28. The third-order valence-corrected chi connectivity index (χ3v) is 4.39. The summed E-state index contributed by atoms with van der Waals surface area (Å²) in [4.78, 5) is 0. The van der Waals surface area contributed by atoms with Gasteiger partial charge in [0, 0.05) is 6.04 Å². The van der Waals surface area contributed by atoms with E-state index >= 15 is 0 Å². The maximum absolute atomic E-state index is 3.49.